The fraction of sp³-hybridized carbons (Fsp3) is 0.250. The number of nitrogens with one attached hydrogen (secondary N) is 1. The molecule has 3 rings (SSSR count). The monoisotopic (exact) mass is 325 g/mol. The molecule has 2 nitrogen and oxygen atoms in total. The summed E-state index contributed by atoms with van der Waals surface area (Å²) in [5.74, 6) is 0.0964. The highest BCUT2D eigenvalue weighted by Crippen LogP contribution is 2.32. The number of hydrogen-bond acceptors (Lipinski definition) is 2. The molecule has 0 saturated carbocycles. The van der Waals surface area contributed by atoms with E-state index in [1.165, 1.54) is 16.7 Å². The number of rotatable bonds is 3. The summed E-state index contributed by atoms with van der Waals surface area (Å²) < 4.78 is 0. The first-order valence-corrected chi connectivity index (χ1v) is 8.33. The average Bonchev–Trinajstić information content (AvgIpc) is 2.58. The molecule has 1 heterocycles. The average molecular weight is 326 g/mol. The number of benzene rings is 2. The van der Waals surface area contributed by atoms with E-state index < -0.39 is 0 Å². The van der Waals surface area contributed by atoms with Crippen molar-refractivity contribution in [1.82, 2.24) is 5.32 Å². The van der Waals surface area contributed by atoms with E-state index in [-0.39, 0.29) is 5.78 Å². The molecule has 3 heteroatoms. The predicted molar refractivity (Wildman–Crippen MR) is 96.0 cm³/mol. The molecular weight excluding hydrogens is 306 g/mol. The maximum absolute atomic E-state index is 11.5. The van der Waals surface area contributed by atoms with E-state index in [1.54, 1.807) is 6.92 Å². The summed E-state index contributed by atoms with van der Waals surface area (Å²) in [6.45, 7) is 3.62. The van der Waals surface area contributed by atoms with Gasteiger partial charge >= 0.3 is 0 Å². The van der Waals surface area contributed by atoms with Crippen LogP contribution in [-0.4, -0.2) is 18.9 Å². The maximum atomic E-state index is 11.5. The van der Waals surface area contributed by atoms with Crippen LogP contribution in [-0.2, 0) is 0 Å². The Morgan fingerprint density at radius 2 is 1.35 bits per heavy atom. The highest BCUT2D eigenvalue weighted by molar-refractivity contribution is 6.30. The van der Waals surface area contributed by atoms with E-state index in [2.05, 4.69) is 29.6 Å². The molecule has 23 heavy (non-hydrogen) atoms. The van der Waals surface area contributed by atoms with Crippen molar-refractivity contribution >= 4 is 23.0 Å². The van der Waals surface area contributed by atoms with Crippen molar-refractivity contribution in [2.45, 2.75) is 19.8 Å². The quantitative estimate of drug-likeness (QED) is 0.827. The van der Waals surface area contributed by atoms with Crippen LogP contribution in [0.2, 0.25) is 5.02 Å². The van der Waals surface area contributed by atoms with Crippen molar-refractivity contribution in [1.29, 1.82) is 0 Å². The molecule has 0 amide bonds. The van der Waals surface area contributed by atoms with Gasteiger partial charge in [0.25, 0.3) is 0 Å². The first-order chi connectivity index (χ1) is 11.1. The summed E-state index contributed by atoms with van der Waals surface area (Å²) in [5.41, 5.74) is 5.83. The van der Waals surface area contributed by atoms with Gasteiger partial charge in [0.1, 0.15) is 0 Å². The van der Waals surface area contributed by atoms with Crippen LogP contribution in [0.15, 0.2) is 54.1 Å². The van der Waals surface area contributed by atoms with Gasteiger partial charge in [0, 0.05) is 10.6 Å². The minimum absolute atomic E-state index is 0.0964. The van der Waals surface area contributed by atoms with Crippen LogP contribution in [0, 0.1) is 0 Å². The lowest BCUT2D eigenvalue weighted by atomic mass is 9.88. The van der Waals surface area contributed by atoms with Crippen molar-refractivity contribution in [3.05, 3.63) is 75.8 Å². The van der Waals surface area contributed by atoms with Crippen LogP contribution >= 0.6 is 11.6 Å². The van der Waals surface area contributed by atoms with Crippen molar-refractivity contribution < 1.29 is 4.79 Å². The number of hydrogen-bond donors (Lipinski definition) is 1. The zero-order valence-corrected chi connectivity index (χ0v) is 14.0. The zero-order valence-electron chi connectivity index (χ0n) is 13.2. The number of piperidine rings is 1. The normalized spacial score (nSPS) is 14.6. The number of halogens is 1. The van der Waals surface area contributed by atoms with E-state index in [1.807, 2.05) is 24.3 Å². The first kappa shape index (κ1) is 16.0. The Morgan fingerprint density at radius 1 is 0.870 bits per heavy atom. The van der Waals surface area contributed by atoms with Crippen LogP contribution in [0.1, 0.15) is 41.3 Å². The van der Waals surface area contributed by atoms with Gasteiger partial charge in [-0.15, -0.1) is 0 Å². The maximum Gasteiger partial charge on any atom is 0.159 e. The Kier molecular flexibility index (Phi) is 4.94. The predicted octanol–water partition coefficient (Wildman–Crippen LogP) is 4.73. The lowest BCUT2D eigenvalue weighted by Crippen LogP contribution is -2.23. The summed E-state index contributed by atoms with van der Waals surface area (Å²) in [4.78, 5) is 11.5. The van der Waals surface area contributed by atoms with Gasteiger partial charge in [-0.3, -0.25) is 4.79 Å². The number of Topliss-reactive ketones (excluding diaryl/α,β-unsaturated/α-hetero) is 1. The number of ketones is 1. The molecule has 1 fully saturated rings. The molecule has 0 bridgehead atoms. The molecular formula is C20H20ClNO. The standard InChI is InChI=1S/C20H20ClNO/c1-14(23)15-2-4-16(5-3-15)20(18-10-12-22-13-11-18)17-6-8-19(21)9-7-17/h2-9,22H,10-13H2,1H3. The Labute approximate surface area is 142 Å². The van der Waals surface area contributed by atoms with E-state index in [0.29, 0.717) is 0 Å². The van der Waals surface area contributed by atoms with Crippen LogP contribution < -0.4 is 5.32 Å². The fourth-order valence-electron chi connectivity index (χ4n) is 3.04. The minimum Gasteiger partial charge on any atom is -0.316 e. The molecule has 0 aliphatic carbocycles. The minimum atomic E-state index is 0.0964. The second-order valence-corrected chi connectivity index (χ2v) is 6.31. The van der Waals surface area contributed by atoms with Gasteiger partial charge in [-0.2, -0.15) is 0 Å². The molecule has 1 N–H and O–H groups in total. The van der Waals surface area contributed by atoms with Crippen molar-refractivity contribution in [2.75, 3.05) is 13.1 Å². The van der Waals surface area contributed by atoms with Crippen LogP contribution in [0.3, 0.4) is 0 Å². The smallest absolute Gasteiger partial charge is 0.159 e. The lowest BCUT2D eigenvalue weighted by molar-refractivity contribution is 0.101. The molecule has 1 aliphatic heterocycles. The topological polar surface area (TPSA) is 29.1 Å². The second kappa shape index (κ2) is 7.12. The number of carbonyl (C=O) groups is 1. The molecule has 0 radical (unpaired) electrons. The van der Waals surface area contributed by atoms with E-state index >= 15 is 0 Å². The fourth-order valence-corrected chi connectivity index (χ4v) is 3.17. The van der Waals surface area contributed by atoms with Gasteiger partial charge in [0.05, 0.1) is 0 Å². The summed E-state index contributed by atoms with van der Waals surface area (Å²) >= 11 is 6.04. The molecule has 0 aromatic heterocycles. The van der Waals surface area contributed by atoms with Crippen LogP contribution in [0.4, 0.5) is 0 Å². The largest absolute Gasteiger partial charge is 0.316 e. The molecule has 0 unspecified atom stereocenters. The Balaban J connectivity index is 2.08. The number of carbonyl (C=O) groups excluding carboxylic acids is 1. The highest BCUT2D eigenvalue weighted by atomic mass is 35.5. The zero-order chi connectivity index (χ0) is 16.2. The lowest BCUT2D eigenvalue weighted by Gasteiger charge is -2.21. The van der Waals surface area contributed by atoms with E-state index in [9.17, 15) is 4.79 Å². The van der Waals surface area contributed by atoms with Crippen molar-refractivity contribution in [3.8, 4) is 0 Å². The second-order valence-electron chi connectivity index (χ2n) is 5.87. The van der Waals surface area contributed by atoms with Gasteiger partial charge in [-0.25, -0.2) is 0 Å². The third-order valence-electron chi connectivity index (χ3n) is 4.27. The Hall–Kier alpha value is -1.90. The first-order valence-electron chi connectivity index (χ1n) is 7.95. The van der Waals surface area contributed by atoms with Gasteiger partial charge < -0.3 is 5.32 Å². The molecule has 2 aromatic carbocycles. The van der Waals surface area contributed by atoms with Gasteiger partial charge in [0.15, 0.2) is 5.78 Å². The van der Waals surface area contributed by atoms with Crippen molar-refractivity contribution in [2.24, 2.45) is 0 Å². The Bertz CT molecular complexity index is 721. The van der Waals surface area contributed by atoms with E-state index in [4.69, 9.17) is 11.6 Å². The molecule has 0 spiro atoms. The van der Waals surface area contributed by atoms with Gasteiger partial charge in [0.2, 0.25) is 0 Å². The summed E-state index contributed by atoms with van der Waals surface area (Å²) in [7, 11) is 0. The highest BCUT2D eigenvalue weighted by Gasteiger charge is 2.15. The molecule has 0 atom stereocenters. The molecule has 118 valence electrons. The molecule has 2 aromatic rings. The summed E-state index contributed by atoms with van der Waals surface area (Å²) in [5, 5.41) is 4.15. The third kappa shape index (κ3) is 3.72. The third-order valence-corrected chi connectivity index (χ3v) is 4.53. The molecule has 1 aliphatic rings. The SMILES string of the molecule is CC(=O)c1ccc(C(=C2CCNCC2)c2ccc(Cl)cc2)cc1. The van der Waals surface area contributed by atoms with Crippen LogP contribution in [0.5, 0.6) is 0 Å². The van der Waals surface area contributed by atoms with Crippen molar-refractivity contribution in [3.63, 3.8) is 0 Å². The van der Waals surface area contributed by atoms with Gasteiger partial charge in [-0.05, 0) is 61.7 Å². The summed E-state index contributed by atoms with van der Waals surface area (Å²) in [6, 6.07) is 15.9. The van der Waals surface area contributed by atoms with E-state index in [0.717, 1.165) is 42.1 Å². The summed E-state index contributed by atoms with van der Waals surface area (Å²) in [6.07, 6.45) is 2.10. The Morgan fingerprint density at radius 3 is 1.87 bits per heavy atom. The van der Waals surface area contributed by atoms with Gasteiger partial charge in [-0.1, -0.05) is 53.6 Å². The van der Waals surface area contributed by atoms with Crippen LogP contribution in [0.25, 0.3) is 5.57 Å². The molecule has 1 saturated heterocycles.